The van der Waals surface area contributed by atoms with Gasteiger partial charge in [0.2, 0.25) is 0 Å². The Kier molecular flexibility index (Phi) is 4.74. The molecule has 0 radical (unpaired) electrons. The van der Waals surface area contributed by atoms with Gasteiger partial charge in [-0.1, -0.05) is 30.3 Å². The lowest BCUT2D eigenvalue weighted by Gasteiger charge is -2.07. The molecule has 2 rings (SSSR count). The molecule has 2 aromatic rings. The van der Waals surface area contributed by atoms with Crippen LogP contribution in [0.5, 0.6) is 5.75 Å². The molecule has 0 unspecified atom stereocenters. The third-order valence-corrected chi connectivity index (χ3v) is 2.69. The second kappa shape index (κ2) is 6.95. The molecule has 0 aliphatic rings. The Bertz CT molecular complexity index is 601. The molecule has 4 heteroatoms. The topological polar surface area (TPSA) is 62.1 Å². The number of nitrogens with zero attached hydrogens (tertiary/aromatic N) is 1. The minimum Gasteiger partial charge on any atom is -0.484 e. The lowest BCUT2D eigenvalue weighted by Crippen LogP contribution is -2.28. The van der Waals surface area contributed by atoms with E-state index in [1.165, 1.54) is 0 Å². The molecular formula is C16H14N2O2. The zero-order chi connectivity index (χ0) is 14.2. The minimum atomic E-state index is -0.182. The van der Waals surface area contributed by atoms with E-state index in [1.807, 2.05) is 30.3 Å². The van der Waals surface area contributed by atoms with Crippen LogP contribution in [0.25, 0.3) is 0 Å². The standard InChI is InChI=1S/C16H14N2O2/c17-10-13-6-8-14(9-7-13)11-18-16(19)12-20-15-4-2-1-3-5-15/h1-9H,11-12H2,(H,18,19). The average Bonchev–Trinajstić information content (AvgIpc) is 2.52. The molecule has 0 spiro atoms. The quantitative estimate of drug-likeness (QED) is 0.902. The summed E-state index contributed by atoms with van der Waals surface area (Å²) >= 11 is 0. The summed E-state index contributed by atoms with van der Waals surface area (Å²) in [5.41, 5.74) is 1.55. The normalized spacial score (nSPS) is 9.55. The van der Waals surface area contributed by atoms with Crippen LogP contribution in [0.3, 0.4) is 0 Å². The maximum Gasteiger partial charge on any atom is 0.258 e. The van der Waals surface area contributed by atoms with Crippen LogP contribution in [0, 0.1) is 11.3 Å². The number of para-hydroxylation sites is 1. The molecule has 0 heterocycles. The van der Waals surface area contributed by atoms with Gasteiger partial charge in [-0.15, -0.1) is 0 Å². The monoisotopic (exact) mass is 266 g/mol. The summed E-state index contributed by atoms with van der Waals surface area (Å²) in [7, 11) is 0. The van der Waals surface area contributed by atoms with E-state index in [1.54, 1.807) is 24.3 Å². The van der Waals surface area contributed by atoms with Gasteiger partial charge in [0.15, 0.2) is 6.61 Å². The number of hydrogen-bond donors (Lipinski definition) is 1. The van der Waals surface area contributed by atoms with E-state index in [9.17, 15) is 4.79 Å². The first-order valence-electron chi connectivity index (χ1n) is 6.21. The maximum absolute atomic E-state index is 11.6. The Hall–Kier alpha value is -2.80. The summed E-state index contributed by atoms with van der Waals surface area (Å²) < 4.78 is 5.34. The van der Waals surface area contributed by atoms with Gasteiger partial charge >= 0.3 is 0 Å². The molecule has 0 bridgehead atoms. The van der Waals surface area contributed by atoms with E-state index in [4.69, 9.17) is 10.00 Å². The first kappa shape index (κ1) is 13.6. The number of carbonyl (C=O) groups is 1. The fourth-order valence-corrected chi connectivity index (χ4v) is 1.61. The van der Waals surface area contributed by atoms with Crippen molar-refractivity contribution in [2.75, 3.05) is 6.61 Å². The first-order valence-corrected chi connectivity index (χ1v) is 6.21. The fraction of sp³-hybridized carbons (Fsp3) is 0.125. The van der Waals surface area contributed by atoms with Crippen molar-refractivity contribution in [1.82, 2.24) is 5.32 Å². The van der Waals surface area contributed by atoms with Gasteiger partial charge in [-0.3, -0.25) is 4.79 Å². The van der Waals surface area contributed by atoms with Crippen molar-refractivity contribution < 1.29 is 9.53 Å². The summed E-state index contributed by atoms with van der Waals surface area (Å²) in [6.45, 7) is 0.406. The van der Waals surface area contributed by atoms with Crippen LogP contribution in [0.4, 0.5) is 0 Å². The largest absolute Gasteiger partial charge is 0.484 e. The zero-order valence-electron chi connectivity index (χ0n) is 10.9. The van der Waals surface area contributed by atoms with Crippen molar-refractivity contribution in [1.29, 1.82) is 5.26 Å². The van der Waals surface area contributed by atoms with Crippen molar-refractivity contribution in [3.63, 3.8) is 0 Å². The molecule has 1 N–H and O–H groups in total. The van der Waals surface area contributed by atoms with E-state index in [0.717, 1.165) is 5.56 Å². The molecule has 0 saturated carbocycles. The van der Waals surface area contributed by atoms with Crippen LogP contribution in [-0.4, -0.2) is 12.5 Å². The fourth-order valence-electron chi connectivity index (χ4n) is 1.61. The zero-order valence-corrected chi connectivity index (χ0v) is 10.9. The van der Waals surface area contributed by atoms with Crippen LogP contribution in [0.1, 0.15) is 11.1 Å². The van der Waals surface area contributed by atoms with Gasteiger partial charge in [0.05, 0.1) is 11.6 Å². The predicted molar refractivity (Wildman–Crippen MR) is 74.9 cm³/mol. The minimum absolute atomic E-state index is 0.0136. The Morgan fingerprint density at radius 3 is 2.45 bits per heavy atom. The Morgan fingerprint density at radius 1 is 1.10 bits per heavy atom. The molecule has 100 valence electrons. The van der Waals surface area contributed by atoms with Gasteiger partial charge in [-0.25, -0.2) is 0 Å². The summed E-state index contributed by atoms with van der Waals surface area (Å²) in [6, 6.07) is 18.3. The lowest BCUT2D eigenvalue weighted by molar-refractivity contribution is -0.123. The van der Waals surface area contributed by atoms with E-state index in [0.29, 0.717) is 17.9 Å². The third kappa shape index (κ3) is 4.14. The van der Waals surface area contributed by atoms with Gasteiger partial charge in [0.25, 0.3) is 5.91 Å². The second-order valence-electron chi connectivity index (χ2n) is 4.19. The summed E-state index contributed by atoms with van der Waals surface area (Å²) in [5, 5.41) is 11.4. The highest BCUT2D eigenvalue weighted by Crippen LogP contribution is 2.07. The molecule has 0 aromatic heterocycles. The Balaban J connectivity index is 1.76. The molecule has 20 heavy (non-hydrogen) atoms. The van der Waals surface area contributed by atoms with Gasteiger partial charge < -0.3 is 10.1 Å². The average molecular weight is 266 g/mol. The third-order valence-electron chi connectivity index (χ3n) is 2.69. The predicted octanol–water partition coefficient (Wildman–Crippen LogP) is 2.25. The number of rotatable bonds is 5. The summed E-state index contributed by atoms with van der Waals surface area (Å²) in [6.07, 6.45) is 0. The van der Waals surface area contributed by atoms with Gasteiger partial charge in [-0.05, 0) is 29.8 Å². The van der Waals surface area contributed by atoms with Gasteiger partial charge in [0.1, 0.15) is 5.75 Å². The Morgan fingerprint density at radius 2 is 1.80 bits per heavy atom. The highest BCUT2D eigenvalue weighted by atomic mass is 16.5. The number of amides is 1. The van der Waals surface area contributed by atoms with Crippen LogP contribution in [0.15, 0.2) is 54.6 Å². The highest BCUT2D eigenvalue weighted by Gasteiger charge is 2.02. The molecular weight excluding hydrogens is 252 g/mol. The van der Waals surface area contributed by atoms with E-state index in [-0.39, 0.29) is 12.5 Å². The molecule has 4 nitrogen and oxygen atoms in total. The number of ether oxygens (including phenoxy) is 1. The van der Waals surface area contributed by atoms with Gasteiger partial charge in [0, 0.05) is 6.54 Å². The molecule has 2 aromatic carbocycles. The number of nitriles is 1. The van der Waals surface area contributed by atoms with Crippen molar-refractivity contribution in [3.8, 4) is 11.8 Å². The summed E-state index contributed by atoms with van der Waals surface area (Å²) in [4.78, 5) is 11.6. The summed E-state index contributed by atoms with van der Waals surface area (Å²) in [5.74, 6) is 0.485. The smallest absolute Gasteiger partial charge is 0.258 e. The van der Waals surface area contributed by atoms with E-state index in [2.05, 4.69) is 11.4 Å². The van der Waals surface area contributed by atoms with Crippen LogP contribution in [0.2, 0.25) is 0 Å². The molecule has 1 amide bonds. The van der Waals surface area contributed by atoms with Crippen LogP contribution in [-0.2, 0) is 11.3 Å². The SMILES string of the molecule is N#Cc1ccc(CNC(=O)COc2ccccc2)cc1. The maximum atomic E-state index is 11.6. The first-order chi connectivity index (χ1) is 9.78. The van der Waals surface area contributed by atoms with Crippen LogP contribution >= 0.6 is 0 Å². The van der Waals surface area contributed by atoms with E-state index < -0.39 is 0 Å². The number of hydrogen-bond acceptors (Lipinski definition) is 3. The number of benzene rings is 2. The van der Waals surface area contributed by atoms with Gasteiger partial charge in [-0.2, -0.15) is 5.26 Å². The highest BCUT2D eigenvalue weighted by molar-refractivity contribution is 5.77. The molecule has 0 aliphatic heterocycles. The second-order valence-corrected chi connectivity index (χ2v) is 4.19. The number of nitrogens with one attached hydrogen (secondary N) is 1. The molecule has 0 fully saturated rings. The van der Waals surface area contributed by atoms with Crippen LogP contribution < -0.4 is 10.1 Å². The number of carbonyl (C=O) groups excluding carboxylic acids is 1. The van der Waals surface area contributed by atoms with Crippen molar-refractivity contribution in [2.24, 2.45) is 0 Å². The molecule has 0 aliphatic carbocycles. The van der Waals surface area contributed by atoms with Crippen molar-refractivity contribution >= 4 is 5.91 Å². The van der Waals surface area contributed by atoms with E-state index >= 15 is 0 Å². The van der Waals surface area contributed by atoms with Crippen molar-refractivity contribution in [2.45, 2.75) is 6.54 Å². The Labute approximate surface area is 117 Å². The van der Waals surface area contributed by atoms with Crippen molar-refractivity contribution in [3.05, 3.63) is 65.7 Å². The molecule has 0 atom stereocenters. The lowest BCUT2D eigenvalue weighted by atomic mass is 10.1. The molecule has 0 saturated heterocycles.